The summed E-state index contributed by atoms with van der Waals surface area (Å²) in [5.41, 5.74) is 0.0528. The first-order chi connectivity index (χ1) is 14.0. The molecule has 0 aromatic rings. The van der Waals surface area contributed by atoms with Crippen molar-refractivity contribution in [1.29, 1.82) is 0 Å². The average Bonchev–Trinajstić information content (AvgIpc) is 2.99. The number of rotatable bonds is 5. The van der Waals surface area contributed by atoms with E-state index in [1.807, 2.05) is 0 Å². The molecule has 3 heteroatoms. The summed E-state index contributed by atoms with van der Waals surface area (Å²) >= 11 is 0. The molecular weight excluding hydrogens is 378 g/mol. The molecule has 1 unspecified atom stereocenters. The highest BCUT2D eigenvalue weighted by Crippen LogP contribution is 2.69. The highest BCUT2D eigenvalue weighted by Gasteiger charge is 2.64. The fourth-order valence-corrected chi connectivity index (χ4v) is 9.12. The maximum absolute atomic E-state index is 14.5. The van der Waals surface area contributed by atoms with Crippen molar-refractivity contribution < 1.29 is 13.6 Å². The first-order valence-corrected chi connectivity index (χ1v) is 12.9. The summed E-state index contributed by atoms with van der Waals surface area (Å²) in [5.74, 6) is 0.354. The quantitative estimate of drug-likeness (QED) is 0.440. The topological polar surface area (TPSA) is 17.1 Å². The number of alkyl halides is 2. The predicted molar refractivity (Wildman–Crippen MR) is 118 cm³/mol. The Morgan fingerprint density at radius 2 is 1.63 bits per heavy atom. The van der Waals surface area contributed by atoms with Crippen LogP contribution in [0.1, 0.15) is 105 Å². The van der Waals surface area contributed by atoms with Crippen LogP contribution in [0.25, 0.3) is 0 Å². The van der Waals surface area contributed by atoms with Crippen molar-refractivity contribution in [1.82, 2.24) is 0 Å². The lowest BCUT2D eigenvalue weighted by Crippen LogP contribution is -2.57. The zero-order valence-corrected chi connectivity index (χ0v) is 20.0. The molecule has 4 aliphatic carbocycles. The van der Waals surface area contributed by atoms with Crippen molar-refractivity contribution in [3.05, 3.63) is 0 Å². The fourth-order valence-electron chi connectivity index (χ4n) is 9.12. The molecule has 30 heavy (non-hydrogen) atoms. The molecule has 4 fully saturated rings. The third-order valence-corrected chi connectivity index (χ3v) is 10.7. The number of carbonyl (C=O) groups is 1. The Kier molecular flexibility index (Phi) is 5.93. The van der Waals surface area contributed by atoms with Crippen LogP contribution in [-0.4, -0.2) is 11.7 Å². The molecule has 0 amide bonds. The van der Waals surface area contributed by atoms with Crippen molar-refractivity contribution in [2.24, 2.45) is 52.3 Å². The van der Waals surface area contributed by atoms with Gasteiger partial charge < -0.3 is 0 Å². The minimum absolute atomic E-state index is 0.115. The smallest absolute Gasteiger partial charge is 0.293 e. The van der Waals surface area contributed by atoms with Gasteiger partial charge >= 0.3 is 5.92 Å². The second-order valence-electron chi connectivity index (χ2n) is 12.7. The number of carbonyl (C=O) groups excluding carboxylic acids is 1. The zero-order valence-electron chi connectivity index (χ0n) is 20.0. The molecule has 172 valence electrons. The van der Waals surface area contributed by atoms with Crippen LogP contribution in [0.3, 0.4) is 0 Å². The van der Waals surface area contributed by atoms with E-state index in [0.29, 0.717) is 23.2 Å². The molecule has 0 spiro atoms. The molecule has 0 aromatic heterocycles. The molecule has 1 nitrogen and oxygen atoms in total. The molecular formula is C27H44F2O. The van der Waals surface area contributed by atoms with Gasteiger partial charge in [-0.05, 0) is 90.8 Å². The monoisotopic (exact) mass is 422 g/mol. The van der Waals surface area contributed by atoms with Gasteiger partial charge in [-0.2, -0.15) is 8.78 Å². The maximum atomic E-state index is 14.5. The minimum Gasteiger partial charge on any atom is -0.293 e. The standard InChI is InChI=1S/C27H44F2O/c1-17(2)7-6-8-18(3)21-11-12-22-20-10-9-19-15-24(30)27(28,29)16-26(19,5)23(20)13-14-25(21,22)4/h17-23H,6-16H2,1-5H3/t18-,19?,20+,21-,22+,23+,25-,26+/m1/s1. The lowest BCUT2D eigenvalue weighted by atomic mass is 9.44. The van der Waals surface area contributed by atoms with Crippen LogP contribution in [0.4, 0.5) is 8.78 Å². The fraction of sp³-hybridized carbons (Fsp3) is 0.963. The van der Waals surface area contributed by atoms with E-state index in [9.17, 15) is 13.6 Å². The number of Topliss-reactive ketones (excluding diaryl/α,β-unsaturated/α-hetero) is 1. The van der Waals surface area contributed by atoms with E-state index >= 15 is 0 Å². The molecule has 0 saturated heterocycles. The second kappa shape index (κ2) is 7.84. The Labute approximate surface area is 183 Å². The van der Waals surface area contributed by atoms with Gasteiger partial charge in [-0.1, -0.05) is 53.9 Å². The molecule has 4 saturated carbocycles. The van der Waals surface area contributed by atoms with Crippen LogP contribution in [0.5, 0.6) is 0 Å². The van der Waals surface area contributed by atoms with Crippen molar-refractivity contribution >= 4 is 5.78 Å². The van der Waals surface area contributed by atoms with Crippen molar-refractivity contribution in [2.45, 2.75) is 111 Å². The minimum atomic E-state index is -3.10. The third-order valence-electron chi connectivity index (χ3n) is 10.7. The molecule has 0 bridgehead atoms. The van der Waals surface area contributed by atoms with Crippen molar-refractivity contribution in [2.75, 3.05) is 0 Å². The largest absolute Gasteiger partial charge is 0.305 e. The maximum Gasteiger partial charge on any atom is 0.305 e. The van der Waals surface area contributed by atoms with Gasteiger partial charge in [0.25, 0.3) is 0 Å². The van der Waals surface area contributed by atoms with Gasteiger partial charge in [0.1, 0.15) is 0 Å². The van der Waals surface area contributed by atoms with E-state index in [0.717, 1.165) is 30.6 Å². The summed E-state index contributed by atoms with van der Waals surface area (Å²) in [6.45, 7) is 11.8. The van der Waals surface area contributed by atoms with Gasteiger partial charge in [-0.15, -0.1) is 0 Å². The van der Waals surface area contributed by atoms with Crippen LogP contribution in [0.15, 0.2) is 0 Å². The van der Waals surface area contributed by atoms with Gasteiger partial charge in [-0.25, -0.2) is 0 Å². The lowest BCUT2D eigenvalue weighted by molar-refractivity contribution is -0.183. The van der Waals surface area contributed by atoms with Gasteiger partial charge in [0.05, 0.1) is 0 Å². The van der Waals surface area contributed by atoms with E-state index in [1.165, 1.54) is 44.9 Å². The summed E-state index contributed by atoms with van der Waals surface area (Å²) in [7, 11) is 0. The highest BCUT2D eigenvalue weighted by atomic mass is 19.3. The second-order valence-corrected chi connectivity index (χ2v) is 12.7. The first-order valence-electron chi connectivity index (χ1n) is 12.9. The summed E-state index contributed by atoms with van der Waals surface area (Å²) in [5, 5.41) is 0. The molecule has 8 atom stereocenters. The Hall–Kier alpha value is -0.470. The van der Waals surface area contributed by atoms with Gasteiger partial charge in [0.15, 0.2) is 0 Å². The lowest BCUT2D eigenvalue weighted by Gasteiger charge is -2.61. The van der Waals surface area contributed by atoms with Crippen LogP contribution >= 0.6 is 0 Å². The molecule has 4 aliphatic rings. The van der Waals surface area contributed by atoms with Gasteiger partial charge in [-0.3, -0.25) is 4.79 Å². The van der Waals surface area contributed by atoms with E-state index in [4.69, 9.17) is 0 Å². The summed E-state index contributed by atoms with van der Waals surface area (Å²) in [6, 6.07) is 0. The van der Waals surface area contributed by atoms with Crippen LogP contribution in [0, 0.1) is 52.3 Å². The predicted octanol–water partition coefficient (Wildman–Crippen LogP) is 7.92. The Balaban J connectivity index is 1.50. The summed E-state index contributed by atoms with van der Waals surface area (Å²) < 4.78 is 29.0. The normalized spacial score (nSPS) is 46.3. The number of hydrogen-bond acceptors (Lipinski definition) is 1. The van der Waals surface area contributed by atoms with Gasteiger partial charge in [0, 0.05) is 12.8 Å². The van der Waals surface area contributed by atoms with Crippen molar-refractivity contribution in [3.63, 3.8) is 0 Å². The van der Waals surface area contributed by atoms with Crippen LogP contribution in [0.2, 0.25) is 0 Å². The van der Waals surface area contributed by atoms with Crippen LogP contribution in [-0.2, 0) is 4.79 Å². The highest BCUT2D eigenvalue weighted by molar-refractivity contribution is 5.86. The number of ketones is 1. The summed E-state index contributed by atoms with van der Waals surface area (Å²) in [6.07, 6.45) is 11.0. The average molecular weight is 423 g/mol. The Bertz CT molecular complexity index is 657. The zero-order chi connectivity index (χ0) is 21.9. The molecule has 4 rings (SSSR count). The third kappa shape index (κ3) is 3.58. The summed E-state index contributed by atoms with van der Waals surface area (Å²) in [4.78, 5) is 12.0. The van der Waals surface area contributed by atoms with E-state index < -0.39 is 11.7 Å². The number of halogens is 2. The van der Waals surface area contributed by atoms with E-state index in [2.05, 4.69) is 34.6 Å². The van der Waals surface area contributed by atoms with E-state index in [1.54, 1.807) is 0 Å². The Morgan fingerprint density at radius 3 is 2.33 bits per heavy atom. The first kappa shape index (κ1) is 22.7. The number of hydrogen-bond donors (Lipinski definition) is 0. The van der Waals surface area contributed by atoms with Crippen molar-refractivity contribution in [3.8, 4) is 0 Å². The molecule has 0 radical (unpaired) electrons. The molecule has 0 aromatic carbocycles. The van der Waals surface area contributed by atoms with Crippen LogP contribution < -0.4 is 0 Å². The SMILES string of the molecule is CC(C)CCC[C@@H](C)[C@H]1CC[C@H]2[C@@H]3CCC4CC(=O)C(F)(F)C[C@]4(C)[C@H]3CC[C@]12C. The van der Waals surface area contributed by atoms with Gasteiger partial charge in [0.2, 0.25) is 5.78 Å². The molecule has 0 N–H and O–H groups in total. The molecule has 0 aliphatic heterocycles. The Morgan fingerprint density at radius 1 is 0.933 bits per heavy atom. The number of fused-ring (bicyclic) bond motifs is 5. The van der Waals surface area contributed by atoms with E-state index in [-0.39, 0.29) is 24.2 Å². The molecule has 0 heterocycles.